The van der Waals surface area contributed by atoms with E-state index in [1.165, 1.54) is 0 Å². The zero-order valence-electron chi connectivity index (χ0n) is 11.6. The maximum atomic E-state index is 12.4. The summed E-state index contributed by atoms with van der Waals surface area (Å²) in [4.78, 5) is 0.0865. The van der Waals surface area contributed by atoms with E-state index in [1.807, 2.05) is 19.1 Å². The lowest BCUT2D eigenvalue weighted by molar-refractivity contribution is 0.601. The Labute approximate surface area is 130 Å². The van der Waals surface area contributed by atoms with E-state index in [0.29, 0.717) is 12.2 Å². The van der Waals surface area contributed by atoms with E-state index in [2.05, 4.69) is 10.0 Å². The molecule has 0 aliphatic carbocycles. The highest BCUT2D eigenvalue weighted by atomic mass is 35.5. The molecule has 0 aliphatic rings. The molecule has 0 heterocycles. The minimum Gasteiger partial charge on any atom is -0.313 e. The Kier molecular flexibility index (Phi) is 5.22. The van der Waals surface area contributed by atoms with Gasteiger partial charge in [0.1, 0.15) is 4.90 Å². The molecule has 2 aromatic carbocycles. The summed E-state index contributed by atoms with van der Waals surface area (Å²) >= 11 is 6.04. The summed E-state index contributed by atoms with van der Waals surface area (Å²) in [6.07, 6.45) is 0. The number of halogens is 1. The molecule has 2 rings (SSSR count). The Morgan fingerprint density at radius 3 is 2.48 bits per heavy atom. The van der Waals surface area contributed by atoms with Crippen molar-refractivity contribution in [3.05, 3.63) is 59.1 Å². The summed E-state index contributed by atoms with van der Waals surface area (Å²) in [5.74, 6) is 0. The molecule has 0 aliphatic heterocycles. The molecule has 2 N–H and O–H groups in total. The van der Waals surface area contributed by atoms with Gasteiger partial charge in [-0.3, -0.25) is 4.72 Å². The number of hydrogen-bond donors (Lipinski definition) is 2. The van der Waals surface area contributed by atoms with Crippen LogP contribution in [0.15, 0.2) is 53.4 Å². The van der Waals surface area contributed by atoms with Crippen molar-refractivity contribution in [1.82, 2.24) is 5.32 Å². The predicted molar refractivity (Wildman–Crippen MR) is 86.1 cm³/mol. The van der Waals surface area contributed by atoms with Crippen molar-refractivity contribution in [2.45, 2.75) is 18.4 Å². The van der Waals surface area contributed by atoms with Crippen molar-refractivity contribution in [2.24, 2.45) is 0 Å². The molecule has 6 heteroatoms. The van der Waals surface area contributed by atoms with Crippen LogP contribution in [0.3, 0.4) is 0 Å². The second-order valence-corrected chi connectivity index (χ2v) is 6.57. The summed E-state index contributed by atoms with van der Waals surface area (Å²) in [6.45, 7) is 3.40. The third-order valence-corrected chi connectivity index (χ3v) is 4.75. The van der Waals surface area contributed by atoms with E-state index in [1.54, 1.807) is 36.4 Å². The normalized spacial score (nSPS) is 11.3. The van der Waals surface area contributed by atoms with Crippen molar-refractivity contribution >= 4 is 27.3 Å². The van der Waals surface area contributed by atoms with Gasteiger partial charge in [-0.25, -0.2) is 8.42 Å². The molecule has 0 fully saturated rings. The molecule has 0 atom stereocenters. The van der Waals surface area contributed by atoms with E-state index in [-0.39, 0.29) is 9.92 Å². The lowest BCUT2D eigenvalue weighted by atomic mass is 10.2. The minimum absolute atomic E-state index is 0.0865. The molecule has 112 valence electrons. The van der Waals surface area contributed by atoms with E-state index in [9.17, 15) is 8.42 Å². The minimum atomic E-state index is -3.70. The van der Waals surface area contributed by atoms with Crippen LogP contribution < -0.4 is 10.0 Å². The highest BCUT2D eigenvalue weighted by molar-refractivity contribution is 7.92. The smallest absolute Gasteiger partial charge is 0.263 e. The molecule has 0 aromatic heterocycles. The van der Waals surface area contributed by atoms with Gasteiger partial charge in [-0.1, -0.05) is 42.8 Å². The highest BCUT2D eigenvalue weighted by Crippen LogP contribution is 2.25. The molecular formula is C15H17ClN2O2S. The Balaban J connectivity index is 2.30. The third-order valence-electron chi connectivity index (χ3n) is 2.89. The van der Waals surface area contributed by atoms with E-state index in [4.69, 9.17) is 11.6 Å². The van der Waals surface area contributed by atoms with Crippen molar-refractivity contribution < 1.29 is 8.42 Å². The number of rotatable bonds is 6. The fraction of sp³-hybridized carbons (Fsp3) is 0.200. The molecule has 0 saturated heterocycles. The fourth-order valence-electron chi connectivity index (χ4n) is 1.85. The number of hydrogen-bond acceptors (Lipinski definition) is 3. The van der Waals surface area contributed by atoms with Gasteiger partial charge in [0.05, 0.1) is 5.02 Å². The Hall–Kier alpha value is -1.56. The SMILES string of the molecule is CCNCc1ccc(Cl)c(S(=O)(=O)Nc2ccccc2)c1. The van der Waals surface area contributed by atoms with Crippen LogP contribution in [0.5, 0.6) is 0 Å². The van der Waals surface area contributed by atoms with Gasteiger partial charge in [0.25, 0.3) is 10.0 Å². The van der Waals surface area contributed by atoms with Gasteiger partial charge < -0.3 is 5.32 Å². The molecule has 0 unspecified atom stereocenters. The van der Waals surface area contributed by atoms with Crippen LogP contribution in [-0.2, 0) is 16.6 Å². The molecule has 2 aromatic rings. The summed E-state index contributed by atoms with van der Waals surface area (Å²) in [5.41, 5.74) is 1.38. The Morgan fingerprint density at radius 1 is 1.10 bits per heavy atom. The van der Waals surface area contributed by atoms with Crippen molar-refractivity contribution in [3.8, 4) is 0 Å². The first kappa shape index (κ1) is 15.8. The Bertz CT molecular complexity index is 703. The van der Waals surface area contributed by atoms with Crippen LogP contribution in [0.2, 0.25) is 5.02 Å². The van der Waals surface area contributed by atoms with Gasteiger partial charge >= 0.3 is 0 Å². The van der Waals surface area contributed by atoms with Crippen molar-refractivity contribution in [2.75, 3.05) is 11.3 Å². The van der Waals surface area contributed by atoms with Crippen LogP contribution in [0.4, 0.5) is 5.69 Å². The van der Waals surface area contributed by atoms with Gasteiger partial charge in [0, 0.05) is 12.2 Å². The van der Waals surface area contributed by atoms with Crippen LogP contribution >= 0.6 is 11.6 Å². The van der Waals surface area contributed by atoms with Gasteiger partial charge in [-0.15, -0.1) is 0 Å². The zero-order chi connectivity index (χ0) is 15.3. The third kappa shape index (κ3) is 4.20. The number of nitrogens with one attached hydrogen (secondary N) is 2. The molecular weight excluding hydrogens is 308 g/mol. The standard InChI is InChI=1S/C15H17ClN2O2S/c1-2-17-11-12-8-9-14(16)15(10-12)21(19,20)18-13-6-4-3-5-7-13/h3-10,17-18H,2,11H2,1H3. The first-order valence-corrected chi connectivity index (χ1v) is 8.46. The van der Waals surface area contributed by atoms with E-state index < -0.39 is 10.0 Å². The lowest BCUT2D eigenvalue weighted by Crippen LogP contribution is -2.15. The monoisotopic (exact) mass is 324 g/mol. The second kappa shape index (κ2) is 6.93. The summed E-state index contributed by atoms with van der Waals surface area (Å²) < 4.78 is 27.4. The maximum Gasteiger partial charge on any atom is 0.263 e. The van der Waals surface area contributed by atoms with Crippen LogP contribution in [-0.4, -0.2) is 15.0 Å². The number of sulfonamides is 1. The van der Waals surface area contributed by atoms with Crippen LogP contribution in [0.25, 0.3) is 0 Å². The summed E-state index contributed by atoms with van der Waals surface area (Å²) in [7, 11) is -3.70. The average Bonchev–Trinajstić information content (AvgIpc) is 2.47. The van der Waals surface area contributed by atoms with Crippen molar-refractivity contribution in [3.63, 3.8) is 0 Å². The fourth-order valence-corrected chi connectivity index (χ4v) is 3.46. The number of benzene rings is 2. The van der Waals surface area contributed by atoms with Crippen LogP contribution in [0.1, 0.15) is 12.5 Å². The second-order valence-electron chi connectivity index (χ2n) is 4.52. The van der Waals surface area contributed by atoms with Crippen LogP contribution in [0, 0.1) is 0 Å². The predicted octanol–water partition coefficient (Wildman–Crippen LogP) is 3.25. The van der Waals surface area contributed by atoms with Crippen molar-refractivity contribution in [1.29, 1.82) is 0 Å². The average molecular weight is 325 g/mol. The zero-order valence-corrected chi connectivity index (χ0v) is 13.2. The molecule has 0 spiro atoms. The first-order chi connectivity index (χ1) is 10.0. The van der Waals surface area contributed by atoms with Gasteiger partial charge in [-0.05, 0) is 36.4 Å². The highest BCUT2D eigenvalue weighted by Gasteiger charge is 2.18. The molecule has 0 amide bonds. The number of para-hydroxylation sites is 1. The summed E-state index contributed by atoms with van der Waals surface area (Å²) in [5, 5.41) is 3.36. The maximum absolute atomic E-state index is 12.4. The van der Waals surface area contributed by atoms with Gasteiger partial charge in [0.2, 0.25) is 0 Å². The van der Waals surface area contributed by atoms with E-state index >= 15 is 0 Å². The molecule has 0 radical (unpaired) electrons. The number of anilines is 1. The summed E-state index contributed by atoms with van der Waals surface area (Å²) in [6, 6.07) is 13.7. The topological polar surface area (TPSA) is 58.2 Å². The quantitative estimate of drug-likeness (QED) is 0.857. The van der Waals surface area contributed by atoms with Gasteiger partial charge in [-0.2, -0.15) is 0 Å². The first-order valence-electron chi connectivity index (χ1n) is 6.60. The molecule has 21 heavy (non-hydrogen) atoms. The lowest BCUT2D eigenvalue weighted by Gasteiger charge is -2.11. The Morgan fingerprint density at radius 2 is 1.81 bits per heavy atom. The van der Waals surface area contributed by atoms with Gasteiger partial charge in [0.15, 0.2) is 0 Å². The molecule has 4 nitrogen and oxygen atoms in total. The molecule has 0 saturated carbocycles. The van der Waals surface area contributed by atoms with E-state index in [0.717, 1.165) is 12.1 Å². The molecule has 0 bridgehead atoms. The largest absolute Gasteiger partial charge is 0.313 e.